The SMILES string of the molecule is Cc1ccc(-c2nnc3cncc(Cl)n23)c(Br)c1. The van der Waals surface area contributed by atoms with E-state index in [1.54, 1.807) is 16.8 Å². The summed E-state index contributed by atoms with van der Waals surface area (Å²) >= 11 is 9.68. The minimum Gasteiger partial charge on any atom is -0.262 e. The maximum atomic E-state index is 6.14. The van der Waals surface area contributed by atoms with E-state index in [1.807, 2.05) is 25.1 Å². The number of benzene rings is 1. The van der Waals surface area contributed by atoms with Crippen molar-refractivity contribution in [3.63, 3.8) is 0 Å². The van der Waals surface area contributed by atoms with Crippen molar-refractivity contribution < 1.29 is 0 Å². The van der Waals surface area contributed by atoms with Crippen LogP contribution in [0.5, 0.6) is 0 Å². The fraction of sp³-hybridized carbons (Fsp3) is 0.0833. The Bertz CT molecular complexity index is 738. The zero-order valence-electron chi connectivity index (χ0n) is 9.43. The van der Waals surface area contributed by atoms with Crippen LogP contribution >= 0.6 is 27.5 Å². The minimum atomic E-state index is 0.486. The molecule has 0 atom stereocenters. The van der Waals surface area contributed by atoms with E-state index in [2.05, 4.69) is 31.1 Å². The van der Waals surface area contributed by atoms with Gasteiger partial charge in [-0.3, -0.25) is 9.38 Å². The fourth-order valence-corrected chi connectivity index (χ4v) is 2.68. The number of halogens is 2. The summed E-state index contributed by atoms with van der Waals surface area (Å²) in [6.07, 6.45) is 3.20. The second-order valence-corrected chi connectivity index (χ2v) is 5.17. The van der Waals surface area contributed by atoms with Gasteiger partial charge in [-0.05, 0) is 24.6 Å². The highest BCUT2D eigenvalue weighted by Crippen LogP contribution is 2.29. The third kappa shape index (κ3) is 1.79. The molecule has 2 aromatic heterocycles. The molecule has 6 heteroatoms. The van der Waals surface area contributed by atoms with Crippen molar-refractivity contribution in [1.82, 2.24) is 19.6 Å². The smallest absolute Gasteiger partial charge is 0.180 e. The first-order valence-corrected chi connectivity index (χ1v) is 6.45. The Kier molecular flexibility index (Phi) is 2.80. The molecule has 0 radical (unpaired) electrons. The quantitative estimate of drug-likeness (QED) is 0.688. The predicted molar refractivity (Wildman–Crippen MR) is 73.7 cm³/mol. The van der Waals surface area contributed by atoms with Crippen LogP contribution in [0.4, 0.5) is 0 Å². The molecule has 3 rings (SSSR count). The number of nitrogens with zero attached hydrogens (tertiary/aromatic N) is 4. The zero-order chi connectivity index (χ0) is 12.7. The monoisotopic (exact) mass is 322 g/mol. The van der Waals surface area contributed by atoms with E-state index < -0.39 is 0 Å². The third-order valence-electron chi connectivity index (χ3n) is 2.64. The van der Waals surface area contributed by atoms with Gasteiger partial charge in [-0.15, -0.1) is 10.2 Å². The lowest BCUT2D eigenvalue weighted by Gasteiger charge is -2.05. The molecule has 4 nitrogen and oxygen atoms in total. The third-order valence-corrected chi connectivity index (χ3v) is 3.56. The lowest BCUT2D eigenvalue weighted by Crippen LogP contribution is -1.93. The van der Waals surface area contributed by atoms with Crippen LogP contribution in [0.3, 0.4) is 0 Å². The summed E-state index contributed by atoms with van der Waals surface area (Å²) in [5.74, 6) is 0.698. The Morgan fingerprint density at radius 3 is 2.83 bits per heavy atom. The topological polar surface area (TPSA) is 43.1 Å². The van der Waals surface area contributed by atoms with Crippen molar-refractivity contribution in [3.8, 4) is 11.4 Å². The normalized spacial score (nSPS) is 11.1. The van der Waals surface area contributed by atoms with E-state index in [0.717, 1.165) is 10.0 Å². The molecule has 18 heavy (non-hydrogen) atoms. The van der Waals surface area contributed by atoms with Crippen molar-refractivity contribution in [2.45, 2.75) is 6.92 Å². The average molecular weight is 324 g/mol. The summed E-state index contributed by atoms with van der Waals surface area (Å²) in [5.41, 5.74) is 2.75. The van der Waals surface area contributed by atoms with Crippen LogP contribution in [0.2, 0.25) is 5.15 Å². The average Bonchev–Trinajstić information content (AvgIpc) is 2.74. The van der Waals surface area contributed by atoms with Gasteiger partial charge in [0.1, 0.15) is 5.15 Å². The highest BCUT2D eigenvalue weighted by molar-refractivity contribution is 9.10. The number of aryl methyl sites for hydroxylation is 1. The van der Waals surface area contributed by atoms with Gasteiger partial charge in [0.25, 0.3) is 0 Å². The largest absolute Gasteiger partial charge is 0.262 e. The van der Waals surface area contributed by atoms with Crippen molar-refractivity contribution >= 4 is 33.2 Å². The summed E-state index contributed by atoms with van der Waals surface area (Å²) in [6.45, 7) is 2.04. The van der Waals surface area contributed by atoms with Crippen molar-refractivity contribution in [1.29, 1.82) is 0 Å². The van der Waals surface area contributed by atoms with Crippen LogP contribution in [0.1, 0.15) is 5.56 Å². The molecular formula is C12H8BrClN4. The van der Waals surface area contributed by atoms with Crippen LogP contribution in [0, 0.1) is 6.92 Å². The van der Waals surface area contributed by atoms with Gasteiger partial charge in [0, 0.05) is 10.0 Å². The highest BCUT2D eigenvalue weighted by Gasteiger charge is 2.13. The van der Waals surface area contributed by atoms with Gasteiger partial charge in [0.2, 0.25) is 0 Å². The molecule has 0 aliphatic carbocycles. The fourth-order valence-electron chi connectivity index (χ4n) is 1.79. The molecule has 0 saturated heterocycles. The Morgan fingerprint density at radius 1 is 1.22 bits per heavy atom. The number of rotatable bonds is 1. The zero-order valence-corrected chi connectivity index (χ0v) is 11.8. The summed E-state index contributed by atoms with van der Waals surface area (Å²) in [6, 6.07) is 6.05. The number of hydrogen-bond donors (Lipinski definition) is 0. The highest BCUT2D eigenvalue weighted by atomic mass is 79.9. The van der Waals surface area contributed by atoms with Crippen molar-refractivity contribution in [2.24, 2.45) is 0 Å². The van der Waals surface area contributed by atoms with Crippen LogP contribution < -0.4 is 0 Å². The number of fused-ring (bicyclic) bond motifs is 1. The van der Waals surface area contributed by atoms with Gasteiger partial charge in [-0.25, -0.2) is 0 Å². The standard InChI is InChI=1S/C12H8BrClN4/c1-7-2-3-8(9(13)4-7)12-17-16-11-6-15-5-10(14)18(11)12/h2-6H,1H3. The Balaban J connectivity index is 2.32. The Labute approximate surface area is 117 Å². The summed E-state index contributed by atoms with van der Waals surface area (Å²) in [5, 5.41) is 8.73. The maximum Gasteiger partial charge on any atom is 0.180 e. The number of aromatic nitrogens is 4. The maximum absolute atomic E-state index is 6.14. The van der Waals surface area contributed by atoms with Crippen LogP contribution in [0.15, 0.2) is 35.1 Å². The molecule has 1 aromatic carbocycles. The van der Waals surface area contributed by atoms with E-state index in [9.17, 15) is 0 Å². The molecule has 90 valence electrons. The van der Waals surface area contributed by atoms with Gasteiger partial charge in [-0.2, -0.15) is 0 Å². The van der Waals surface area contributed by atoms with E-state index in [1.165, 1.54) is 5.56 Å². The summed E-state index contributed by atoms with van der Waals surface area (Å²) in [7, 11) is 0. The van der Waals surface area contributed by atoms with Gasteiger partial charge < -0.3 is 0 Å². The van der Waals surface area contributed by atoms with Gasteiger partial charge in [0.05, 0.1) is 12.4 Å². The molecule has 0 spiro atoms. The van der Waals surface area contributed by atoms with Gasteiger partial charge >= 0.3 is 0 Å². The van der Waals surface area contributed by atoms with E-state index in [0.29, 0.717) is 16.6 Å². The second kappa shape index (κ2) is 4.33. The lowest BCUT2D eigenvalue weighted by atomic mass is 10.1. The molecule has 0 N–H and O–H groups in total. The number of hydrogen-bond acceptors (Lipinski definition) is 3. The van der Waals surface area contributed by atoms with Crippen molar-refractivity contribution in [3.05, 3.63) is 45.8 Å². The minimum absolute atomic E-state index is 0.486. The molecule has 0 aliphatic heterocycles. The first-order chi connectivity index (χ1) is 8.66. The van der Waals surface area contributed by atoms with Gasteiger partial charge in [0.15, 0.2) is 11.5 Å². The molecule has 0 saturated carbocycles. The Hall–Kier alpha value is -1.46. The summed E-state index contributed by atoms with van der Waals surface area (Å²) < 4.78 is 2.73. The first kappa shape index (κ1) is 11.6. The molecular weight excluding hydrogens is 316 g/mol. The van der Waals surface area contributed by atoms with Crippen LogP contribution in [-0.2, 0) is 0 Å². The first-order valence-electron chi connectivity index (χ1n) is 5.28. The van der Waals surface area contributed by atoms with Crippen LogP contribution in [0.25, 0.3) is 17.0 Å². The second-order valence-electron chi connectivity index (χ2n) is 3.93. The Morgan fingerprint density at radius 2 is 2.06 bits per heavy atom. The van der Waals surface area contributed by atoms with E-state index in [4.69, 9.17) is 11.6 Å². The lowest BCUT2D eigenvalue weighted by molar-refractivity contribution is 1.11. The molecule has 0 aliphatic rings. The molecule has 3 aromatic rings. The van der Waals surface area contributed by atoms with E-state index >= 15 is 0 Å². The molecule has 0 fully saturated rings. The van der Waals surface area contributed by atoms with Gasteiger partial charge in [-0.1, -0.05) is 33.6 Å². The predicted octanol–water partition coefficient (Wildman–Crippen LogP) is 3.52. The molecule has 0 bridgehead atoms. The molecule has 2 heterocycles. The van der Waals surface area contributed by atoms with Crippen LogP contribution in [-0.4, -0.2) is 19.6 Å². The molecule has 0 unspecified atom stereocenters. The molecule has 0 amide bonds. The van der Waals surface area contributed by atoms with Crippen molar-refractivity contribution in [2.75, 3.05) is 0 Å². The van der Waals surface area contributed by atoms with E-state index in [-0.39, 0.29) is 0 Å². The summed E-state index contributed by atoms with van der Waals surface area (Å²) in [4.78, 5) is 3.99.